The molecular weight excluding hydrogens is 490 g/mol. The van der Waals surface area contributed by atoms with E-state index < -0.39 is 0 Å². The lowest BCUT2D eigenvalue weighted by Crippen LogP contribution is -2.49. The van der Waals surface area contributed by atoms with Gasteiger partial charge in [-0.15, -0.1) is 0 Å². The monoisotopic (exact) mass is 517 g/mol. The number of pyridine rings is 1. The summed E-state index contributed by atoms with van der Waals surface area (Å²) in [6.07, 6.45) is 2.90. The van der Waals surface area contributed by atoms with Crippen molar-refractivity contribution in [3.63, 3.8) is 0 Å². The van der Waals surface area contributed by atoms with Gasteiger partial charge >= 0.3 is 6.09 Å². The number of carbonyl (C=O) groups excluding carboxylic acids is 2. The van der Waals surface area contributed by atoms with Crippen molar-refractivity contribution in [2.75, 3.05) is 57.9 Å². The van der Waals surface area contributed by atoms with Gasteiger partial charge in [-0.2, -0.15) is 0 Å². The Balaban J connectivity index is 1.74. The molecule has 0 aromatic carbocycles. The Hall–Kier alpha value is -2.96. The van der Waals surface area contributed by atoms with E-state index in [1.807, 2.05) is 17.9 Å². The van der Waals surface area contributed by atoms with Gasteiger partial charge in [-0.1, -0.05) is 30.0 Å². The van der Waals surface area contributed by atoms with Crippen LogP contribution in [0.2, 0.25) is 0 Å². The number of ether oxygens (including phenoxy) is 2. The highest BCUT2D eigenvalue weighted by atomic mass is 32.2. The molecule has 2 aliphatic rings. The maximum absolute atomic E-state index is 13.6. The fourth-order valence-corrected chi connectivity index (χ4v) is 5.28. The molecule has 10 nitrogen and oxygen atoms in total. The minimum atomic E-state index is -0.352. The number of amides is 2. The summed E-state index contributed by atoms with van der Waals surface area (Å²) < 4.78 is 12.1. The second kappa shape index (κ2) is 10.8. The van der Waals surface area contributed by atoms with Crippen LogP contribution in [0.3, 0.4) is 0 Å². The molecule has 4 rings (SSSR count). The fourth-order valence-electron chi connectivity index (χ4n) is 3.99. The maximum atomic E-state index is 13.6. The minimum Gasteiger partial charge on any atom is -0.450 e. The fraction of sp³-hybridized carbons (Fsp3) is 0.435. The van der Waals surface area contributed by atoms with Gasteiger partial charge in [0.25, 0.3) is 11.5 Å². The van der Waals surface area contributed by atoms with E-state index in [-0.39, 0.29) is 17.6 Å². The molecule has 2 aromatic rings. The van der Waals surface area contributed by atoms with Crippen LogP contribution in [0, 0.1) is 6.92 Å². The summed E-state index contributed by atoms with van der Waals surface area (Å²) in [4.78, 5) is 49.0. The lowest BCUT2D eigenvalue weighted by molar-refractivity contribution is -0.122. The number of nitrogens with zero attached hydrogens (tertiary/aromatic N) is 5. The number of piperazine rings is 1. The van der Waals surface area contributed by atoms with Gasteiger partial charge in [-0.25, -0.2) is 9.78 Å². The molecule has 2 amide bonds. The van der Waals surface area contributed by atoms with Crippen molar-refractivity contribution in [2.45, 2.75) is 13.8 Å². The van der Waals surface area contributed by atoms with Crippen LogP contribution < -0.4 is 10.5 Å². The summed E-state index contributed by atoms with van der Waals surface area (Å²) in [6.45, 7) is 6.50. The average Bonchev–Trinajstić information content (AvgIpc) is 3.12. The van der Waals surface area contributed by atoms with Gasteiger partial charge < -0.3 is 19.3 Å². The van der Waals surface area contributed by atoms with Crippen molar-refractivity contribution in [3.8, 4) is 0 Å². The number of thiocarbonyl (C=S) groups is 1. The number of thioether (sulfide) groups is 1. The summed E-state index contributed by atoms with van der Waals surface area (Å²) in [7, 11) is 1.56. The van der Waals surface area contributed by atoms with Gasteiger partial charge in [0.1, 0.15) is 15.8 Å². The van der Waals surface area contributed by atoms with Crippen molar-refractivity contribution in [1.29, 1.82) is 0 Å². The van der Waals surface area contributed by atoms with Gasteiger partial charge in [0.15, 0.2) is 0 Å². The third-order valence-electron chi connectivity index (χ3n) is 5.84. The normalized spacial score (nSPS) is 17.7. The molecule has 2 aromatic heterocycles. The summed E-state index contributed by atoms with van der Waals surface area (Å²) in [5, 5.41) is 0. The van der Waals surface area contributed by atoms with Crippen molar-refractivity contribution >= 4 is 57.8 Å². The van der Waals surface area contributed by atoms with Crippen LogP contribution in [0.25, 0.3) is 11.7 Å². The molecule has 0 aliphatic carbocycles. The van der Waals surface area contributed by atoms with Crippen molar-refractivity contribution in [2.24, 2.45) is 0 Å². The van der Waals surface area contributed by atoms with E-state index in [4.69, 9.17) is 26.7 Å². The first-order valence-corrected chi connectivity index (χ1v) is 12.5. The third-order valence-corrected chi connectivity index (χ3v) is 7.22. The number of methoxy groups -OCH3 is 1. The van der Waals surface area contributed by atoms with E-state index >= 15 is 0 Å². The molecule has 2 aliphatic heterocycles. The zero-order chi connectivity index (χ0) is 25.1. The Labute approximate surface area is 212 Å². The predicted molar refractivity (Wildman–Crippen MR) is 139 cm³/mol. The topological polar surface area (TPSA) is 96.7 Å². The van der Waals surface area contributed by atoms with E-state index in [9.17, 15) is 14.4 Å². The Morgan fingerprint density at radius 2 is 2.00 bits per heavy atom. The standard InChI is InChI=1S/C23H27N5O5S2/c1-4-33-22(31)26-10-8-25(9-11-26)19-16(20(29)27-7-5-6-15(2)18(27)24-19)14-17-21(30)28(12-13-32-3)23(34)35-17/h5-7,14H,4,8-13H2,1-3H3/b17-14-. The highest BCUT2D eigenvalue weighted by molar-refractivity contribution is 8.26. The molecule has 0 radical (unpaired) electrons. The minimum absolute atomic E-state index is 0.260. The molecule has 2 saturated heterocycles. The molecule has 0 bridgehead atoms. The number of rotatable bonds is 6. The van der Waals surface area contributed by atoms with Crippen LogP contribution in [-0.2, 0) is 14.3 Å². The Morgan fingerprint density at radius 3 is 2.69 bits per heavy atom. The van der Waals surface area contributed by atoms with Gasteiger partial charge in [-0.05, 0) is 31.6 Å². The van der Waals surface area contributed by atoms with Crippen LogP contribution >= 0.6 is 24.0 Å². The molecule has 0 N–H and O–H groups in total. The highest BCUT2D eigenvalue weighted by Gasteiger charge is 2.33. The molecule has 2 fully saturated rings. The zero-order valence-electron chi connectivity index (χ0n) is 19.9. The second-order valence-electron chi connectivity index (χ2n) is 8.04. The molecular formula is C23H27N5O5S2. The number of carbonyl (C=O) groups is 2. The summed E-state index contributed by atoms with van der Waals surface area (Å²) in [5.41, 5.74) is 1.44. The largest absolute Gasteiger partial charge is 0.450 e. The van der Waals surface area contributed by atoms with Gasteiger partial charge in [0.2, 0.25) is 0 Å². The molecule has 12 heteroatoms. The number of hydrogen-bond donors (Lipinski definition) is 0. The van der Waals surface area contributed by atoms with Crippen molar-refractivity contribution in [3.05, 3.63) is 44.7 Å². The molecule has 0 atom stereocenters. The quantitative estimate of drug-likeness (QED) is 0.422. The van der Waals surface area contributed by atoms with Gasteiger partial charge in [0.05, 0.1) is 30.2 Å². The average molecular weight is 518 g/mol. The second-order valence-corrected chi connectivity index (χ2v) is 9.71. The number of aryl methyl sites for hydroxylation is 1. The van der Waals surface area contributed by atoms with Gasteiger partial charge in [-0.3, -0.25) is 18.9 Å². The molecule has 186 valence electrons. The van der Waals surface area contributed by atoms with E-state index in [0.29, 0.717) is 72.2 Å². The van der Waals surface area contributed by atoms with E-state index in [1.165, 1.54) is 9.30 Å². The Kier molecular flexibility index (Phi) is 7.72. The van der Waals surface area contributed by atoms with Crippen LogP contribution in [-0.4, -0.2) is 88.6 Å². The summed E-state index contributed by atoms with van der Waals surface area (Å²) in [5.74, 6) is 0.221. The SMILES string of the molecule is CCOC(=O)N1CCN(c2nc3c(C)cccn3c(=O)c2/C=C2\SC(=S)N(CCOC)C2=O)CC1. The molecule has 0 spiro atoms. The summed E-state index contributed by atoms with van der Waals surface area (Å²) in [6, 6.07) is 3.68. The van der Waals surface area contributed by atoms with E-state index in [2.05, 4.69) is 0 Å². The van der Waals surface area contributed by atoms with Crippen molar-refractivity contribution in [1.82, 2.24) is 19.2 Å². The first-order valence-electron chi connectivity index (χ1n) is 11.3. The van der Waals surface area contributed by atoms with Crippen LogP contribution in [0.5, 0.6) is 0 Å². The van der Waals surface area contributed by atoms with E-state index in [0.717, 1.165) is 17.3 Å². The Bertz CT molecular complexity index is 1250. The lowest BCUT2D eigenvalue weighted by atomic mass is 10.2. The number of fused-ring (bicyclic) bond motifs is 1. The van der Waals surface area contributed by atoms with Crippen LogP contribution in [0.15, 0.2) is 28.0 Å². The molecule has 0 saturated carbocycles. The number of anilines is 1. The van der Waals surface area contributed by atoms with E-state index in [1.54, 1.807) is 37.3 Å². The molecule has 0 unspecified atom stereocenters. The highest BCUT2D eigenvalue weighted by Crippen LogP contribution is 2.33. The van der Waals surface area contributed by atoms with Crippen LogP contribution in [0.4, 0.5) is 10.6 Å². The first-order chi connectivity index (χ1) is 16.8. The zero-order valence-corrected chi connectivity index (χ0v) is 21.5. The summed E-state index contributed by atoms with van der Waals surface area (Å²) >= 11 is 6.54. The molecule has 35 heavy (non-hydrogen) atoms. The maximum Gasteiger partial charge on any atom is 0.409 e. The third kappa shape index (κ3) is 5.04. The Morgan fingerprint density at radius 1 is 1.26 bits per heavy atom. The lowest BCUT2D eigenvalue weighted by Gasteiger charge is -2.35. The first kappa shape index (κ1) is 25.1. The van der Waals surface area contributed by atoms with Gasteiger partial charge in [0, 0.05) is 39.5 Å². The van der Waals surface area contributed by atoms with Crippen LogP contribution in [0.1, 0.15) is 18.1 Å². The predicted octanol–water partition coefficient (Wildman–Crippen LogP) is 2.13. The molecule has 4 heterocycles. The number of hydrogen-bond acceptors (Lipinski definition) is 9. The van der Waals surface area contributed by atoms with Crippen molar-refractivity contribution < 1.29 is 19.1 Å². The number of aromatic nitrogens is 2. The smallest absolute Gasteiger partial charge is 0.409 e.